The second-order valence-corrected chi connectivity index (χ2v) is 3.26. The maximum absolute atomic E-state index is 9.59. The minimum atomic E-state index is 0.0951. The molecule has 0 heterocycles. The molecule has 1 aromatic rings. The molecule has 0 aliphatic rings. The molecule has 0 amide bonds. The van der Waals surface area contributed by atoms with Crippen molar-refractivity contribution in [2.75, 3.05) is 0 Å². The third kappa shape index (κ3) is 1.98. The van der Waals surface area contributed by atoms with E-state index in [0.29, 0.717) is 5.75 Å². The van der Waals surface area contributed by atoms with Crippen molar-refractivity contribution in [3.05, 3.63) is 29.3 Å². The van der Waals surface area contributed by atoms with E-state index in [4.69, 9.17) is 5.73 Å². The van der Waals surface area contributed by atoms with Crippen LogP contribution < -0.4 is 5.73 Å². The molecular formula is C10H15NO. The number of aryl methyl sites for hydroxylation is 1. The summed E-state index contributed by atoms with van der Waals surface area (Å²) in [6.45, 7) is 3.82. The topological polar surface area (TPSA) is 46.2 Å². The van der Waals surface area contributed by atoms with Gasteiger partial charge in [0.05, 0.1) is 0 Å². The van der Waals surface area contributed by atoms with E-state index in [0.717, 1.165) is 17.5 Å². The first kappa shape index (κ1) is 9.07. The first-order chi connectivity index (χ1) is 5.61. The van der Waals surface area contributed by atoms with Crippen molar-refractivity contribution >= 4 is 0 Å². The summed E-state index contributed by atoms with van der Waals surface area (Å²) in [4.78, 5) is 0. The second-order valence-electron chi connectivity index (χ2n) is 3.26. The van der Waals surface area contributed by atoms with Crippen LogP contribution in [0.4, 0.5) is 0 Å². The van der Waals surface area contributed by atoms with Gasteiger partial charge in [0, 0.05) is 6.04 Å². The van der Waals surface area contributed by atoms with Crippen molar-refractivity contribution in [3.63, 3.8) is 0 Å². The number of hydrogen-bond donors (Lipinski definition) is 2. The molecule has 0 aliphatic heterocycles. The Morgan fingerprint density at radius 1 is 1.50 bits per heavy atom. The summed E-state index contributed by atoms with van der Waals surface area (Å²) in [5.41, 5.74) is 7.48. The molecule has 0 saturated carbocycles. The fraction of sp³-hybridized carbons (Fsp3) is 0.400. The predicted molar refractivity (Wildman–Crippen MR) is 50.2 cm³/mol. The molecule has 12 heavy (non-hydrogen) atoms. The number of aromatic hydroxyl groups is 1. The highest BCUT2D eigenvalue weighted by atomic mass is 16.3. The molecule has 0 bridgehead atoms. The van der Waals surface area contributed by atoms with Crippen molar-refractivity contribution in [1.82, 2.24) is 0 Å². The van der Waals surface area contributed by atoms with Gasteiger partial charge in [0.25, 0.3) is 0 Å². The summed E-state index contributed by atoms with van der Waals surface area (Å²) in [6.07, 6.45) is 0.730. The molecule has 2 nitrogen and oxygen atoms in total. The first-order valence-electron chi connectivity index (χ1n) is 4.14. The maximum atomic E-state index is 9.59. The Morgan fingerprint density at radius 3 is 2.75 bits per heavy atom. The van der Waals surface area contributed by atoms with Crippen LogP contribution in [-0.2, 0) is 6.42 Å². The third-order valence-corrected chi connectivity index (χ3v) is 1.86. The van der Waals surface area contributed by atoms with Gasteiger partial charge in [-0.15, -0.1) is 0 Å². The Morgan fingerprint density at radius 2 is 2.17 bits per heavy atom. The smallest absolute Gasteiger partial charge is 0.121 e. The van der Waals surface area contributed by atoms with Crippen LogP contribution in [0, 0.1) is 6.92 Å². The summed E-state index contributed by atoms with van der Waals surface area (Å²) in [7, 11) is 0. The molecule has 1 rings (SSSR count). The average molecular weight is 165 g/mol. The van der Waals surface area contributed by atoms with Crippen LogP contribution in [-0.4, -0.2) is 11.1 Å². The van der Waals surface area contributed by atoms with Gasteiger partial charge >= 0.3 is 0 Å². The number of para-hydroxylation sites is 1. The Hall–Kier alpha value is -1.02. The number of phenols is 1. The number of benzene rings is 1. The van der Waals surface area contributed by atoms with Crippen LogP contribution in [0.25, 0.3) is 0 Å². The number of hydrogen-bond acceptors (Lipinski definition) is 2. The standard InChI is InChI=1S/C10H15NO/c1-7-4-3-5-9(10(7)12)6-8(2)11/h3-5,8,12H,6,11H2,1-2H3. The molecule has 0 aliphatic carbocycles. The van der Waals surface area contributed by atoms with Gasteiger partial charge in [-0.2, -0.15) is 0 Å². The van der Waals surface area contributed by atoms with Crippen LogP contribution in [0.5, 0.6) is 5.75 Å². The lowest BCUT2D eigenvalue weighted by Crippen LogP contribution is -2.17. The van der Waals surface area contributed by atoms with Crippen molar-refractivity contribution in [2.24, 2.45) is 5.73 Å². The van der Waals surface area contributed by atoms with E-state index in [1.807, 2.05) is 32.0 Å². The largest absolute Gasteiger partial charge is 0.507 e. The van der Waals surface area contributed by atoms with Gasteiger partial charge in [0.2, 0.25) is 0 Å². The second kappa shape index (κ2) is 3.59. The Balaban J connectivity index is 2.92. The number of rotatable bonds is 2. The van der Waals surface area contributed by atoms with E-state index in [-0.39, 0.29) is 6.04 Å². The highest BCUT2D eigenvalue weighted by Gasteiger charge is 2.04. The minimum absolute atomic E-state index is 0.0951. The van der Waals surface area contributed by atoms with Gasteiger partial charge in [-0.05, 0) is 31.4 Å². The zero-order valence-electron chi connectivity index (χ0n) is 7.54. The Labute approximate surface area is 73.0 Å². The molecule has 3 N–H and O–H groups in total. The highest BCUT2D eigenvalue weighted by molar-refractivity contribution is 5.39. The zero-order chi connectivity index (χ0) is 9.14. The van der Waals surface area contributed by atoms with Gasteiger partial charge < -0.3 is 10.8 Å². The van der Waals surface area contributed by atoms with Crippen molar-refractivity contribution < 1.29 is 5.11 Å². The summed E-state index contributed by atoms with van der Waals surface area (Å²) < 4.78 is 0. The molecule has 2 heteroatoms. The fourth-order valence-electron chi connectivity index (χ4n) is 1.23. The summed E-state index contributed by atoms with van der Waals surface area (Å²) in [5.74, 6) is 0.384. The van der Waals surface area contributed by atoms with E-state index in [1.165, 1.54) is 0 Å². The normalized spacial score (nSPS) is 12.9. The van der Waals surface area contributed by atoms with Crippen LogP contribution in [0.15, 0.2) is 18.2 Å². The van der Waals surface area contributed by atoms with Crippen LogP contribution >= 0.6 is 0 Å². The van der Waals surface area contributed by atoms with Crippen molar-refractivity contribution in [2.45, 2.75) is 26.3 Å². The molecule has 0 fully saturated rings. The summed E-state index contributed by atoms with van der Waals surface area (Å²) in [5, 5.41) is 9.59. The Kier molecular flexibility index (Phi) is 2.71. The fourth-order valence-corrected chi connectivity index (χ4v) is 1.23. The number of nitrogens with two attached hydrogens (primary N) is 1. The summed E-state index contributed by atoms with van der Waals surface area (Å²) in [6, 6.07) is 5.83. The van der Waals surface area contributed by atoms with Crippen molar-refractivity contribution in [3.8, 4) is 5.75 Å². The molecule has 1 unspecified atom stereocenters. The first-order valence-corrected chi connectivity index (χ1v) is 4.14. The van der Waals surface area contributed by atoms with Gasteiger partial charge in [0.15, 0.2) is 0 Å². The molecule has 0 aromatic heterocycles. The molecule has 0 saturated heterocycles. The Bertz CT molecular complexity index is 269. The monoisotopic (exact) mass is 165 g/mol. The predicted octanol–water partition coefficient (Wildman–Crippen LogP) is 1.59. The van der Waals surface area contributed by atoms with Crippen molar-refractivity contribution in [1.29, 1.82) is 0 Å². The van der Waals surface area contributed by atoms with E-state index in [1.54, 1.807) is 0 Å². The van der Waals surface area contributed by atoms with Gasteiger partial charge in [-0.3, -0.25) is 0 Å². The molecule has 66 valence electrons. The van der Waals surface area contributed by atoms with Crippen LogP contribution in [0.2, 0.25) is 0 Å². The quantitative estimate of drug-likeness (QED) is 0.699. The lowest BCUT2D eigenvalue weighted by molar-refractivity contribution is 0.461. The average Bonchev–Trinajstić information content (AvgIpc) is 1.98. The van der Waals surface area contributed by atoms with E-state index >= 15 is 0 Å². The van der Waals surface area contributed by atoms with Crippen LogP contribution in [0.3, 0.4) is 0 Å². The SMILES string of the molecule is Cc1cccc(CC(C)N)c1O. The zero-order valence-corrected chi connectivity index (χ0v) is 7.54. The van der Waals surface area contributed by atoms with Gasteiger partial charge in [-0.1, -0.05) is 18.2 Å². The molecule has 1 aromatic carbocycles. The molecular weight excluding hydrogens is 150 g/mol. The van der Waals surface area contributed by atoms with Gasteiger partial charge in [0.1, 0.15) is 5.75 Å². The van der Waals surface area contributed by atoms with E-state index in [2.05, 4.69) is 0 Å². The van der Waals surface area contributed by atoms with Crippen LogP contribution in [0.1, 0.15) is 18.1 Å². The molecule has 1 atom stereocenters. The lowest BCUT2D eigenvalue weighted by Gasteiger charge is -2.08. The lowest BCUT2D eigenvalue weighted by atomic mass is 10.0. The molecule has 0 spiro atoms. The minimum Gasteiger partial charge on any atom is -0.507 e. The highest BCUT2D eigenvalue weighted by Crippen LogP contribution is 2.22. The third-order valence-electron chi connectivity index (χ3n) is 1.86. The van der Waals surface area contributed by atoms with E-state index in [9.17, 15) is 5.11 Å². The van der Waals surface area contributed by atoms with Gasteiger partial charge in [-0.25, -0.2) is 0 Å². The number of phenolic OH excluding ortho intramolecular Hbond substituents is 1. The maximum Gasteiger partial charge on any atom is 0.121 e. The summed E-state index contributed by atoms with van der Waals surface area (Å²) >= 11 is 0. The van der Waals surface area contributed by atoms with E-state index < -0.39 is 0 Å². The molecule has 0 radical (unpaired) electrons.